The van der Waals surface area contributed by atoms with Crippen LogP contribution >= 0.6 is 0 Å². The second-order valence-corrected chi connectivity index (χ2v) is 8.95. The fourth-order valence-corrected chi connectivity index (χ4v) is 5.05. The van der Waals surface area contributed by atoms with Gasteiger partial charge in [0.15, 0.2) is 0 Å². The Bertz CT molecular complexity index is 719. The highest BCUT2D eigenvalue weighted by Gasteiger charge is 2.51. The predicted molar refractivity (Wildman–Crippen MR) is 109 cm³/mol. The number of amides is 4. The number of fused-ring (bicyclic) bond motifs is 2. The van der Waals surface area contributed by atoms with Crippen molar-refractivity contribution in [2.45, 2.75) is 12.1 Å². The van der Waals surface area contributed by atoms with Crippen LogP contribution in [0.3, 0.4) is 0 Å². The van der Waals surface area contributed by atoms with Gasteiger partial charge >= 0.3 is 0 Å². The lowest BCUT2D eigenvalue weighted by atomic mass is 9.99. The van der Waals surface area contributed by atoms with Crippen LogP contribution in [0.1, 0.15) is 0 Å². The molecule has 32 heavy (non-hydrogen) atoms. The Balaban J connectivity index is 1.25. The molecule has 0 N–H and O–H groups in total. The summed E-state index contributed by atoms with van der Waals surface area (Å²) in [5.74, 6) is -0.977. The summed E-state index contributed by atoms with van der Waals surface area (Å²) in [4.78, 5) is 62.3. The molecule has 12 heteroatoms. The van der Waals surface area contributed by atoms with Gasteiger partial charge in [-0.1, -0.05) is 0 Å². The van der Waals surface area contributed by atoms with Crippen LogP contribution in [0, 0.1) is 0 Å². The van der Waals surface area contributed by atoms with E-state index in [-0.39, 0.29) is 63.1 Å². The normalized spacial score (nSPS) is 31.8. The van der Waals surface area contributed by atoms with Crippen molar-refractivity contribution in [2.24, 2.45) is 0 Å². The van der Waals surface area contributed by atoms with Crippen LogP contribution < -0.4 is 0 Å². The van der Waals surface area contributed by atoms with Crippen LogP contribution in [0.15, 0.2) is 0 Å². The Labute approximate surface area is 186 Å². The van der Waals surface area contributed by atoms with E-state index in [9.17, 15) is 19.2 Å². The van der Waals surface area contributed by atoms with E-state index in [4.69, 9.17) is 9.47 Å². The number of nitrogens with zero attached hydrogens (tertiary/aromatic N) is 6. The zero-order valence-corrected chi connectivity index (χ0v) is 18.2. The molecule has 5 rings (SSSR count). The number of carbonyl (C=O) groups is 4. The monoisotopic (exact) mass is 450 g/mol. The lowest BCUT2D eigenvalue weighted by molar-refractivity contribution is -0.173. The minimum atomic E-state index is -0.517. The van der Waals surface area contributed by atoms with Gasteiger partial charge < -0.3 is 9.47 Å². The summed E-state index contributed by atoms with van der Waals surface area (Å²) in [6, 6.07) is -1.03. The number of hydrogen-bond donors (Lipinski definition) is 0. The number of ether oxygens (including phenoxy) is 2. The van der Waals surface area contributed by atoms with Crippen LogP contribution in [0.2, 0.25) is 0 Å². The maximum absolute atomic E-state index is 13.2. The fourth-order valence-electron chi connectivity index (χ4n) is 5.05. The molecule has 5 heterocycles. The molecule has 5 aliphatic heterocycles. The Morgan fingerprint density at radius 1 is 0.625 bits per heavy atom. The Morgan fingerprint density at radius 2 is 1.00 bits per heavy atom. The van der Waals surface area contributed by atoms with Crippen LogP contribution in [-0.2, 0) is 28.7 Å². The molecule has 5 aliphatic rings. The third kappa shape index (κ3) is 4.18. The standard InChI is InChI=1S/C20H30N6O6/c27-17-11-23-10-16-20(30)26(14-22-3-7-32-8-4-22)18(28)12-24(16)9-15(23)19(29)25(17)13-21-1-5-31-6-2-21/h15-16H,1-14H2/t15-,16+. The van der Waals surface area contributed by atoms with Gasteiger partial charge in [0.1, 0.15) is 12.1 Å². The molecule has 0 aromatic rings. The third-order valence-electron chi connectivity index (χ3n) is 6.97. The largest absolute Gasteiger partial charge is 0.379 e. The number of carbonyl (C=O) groups excluding carboxylic acids is 4. The maximum atomic E-state index is 13.2. The van der Waals surface area contributed by atoms with Crippen molar-refractivity contribution in [3.63, 3.8) is 0 Å². The highest BCUT2D eigenvalue weighted by atomic mass is 16.5. The molecule has 176 valence electrons. The second kappa shape index (κ2) is 9.12. The highest BCUT2D eigenvalue weighted by molar-refractivity contribution is 6.03. The predicted octanol–water partition coefficient (Wildman–Crippen LogP) is -3.34. The first kappa shape index (κ1) is 21.9. The molecule has 0 saturated carbocycles. The molecule has 0 aromatic heterocycles. The topological polar surface area (TPSA) is 106 Å². The van der Waals surface area contributed by atoms with Gasteiger partial charge in [0.05, 0.1) is 52.9 Å². The summed E-state index contributed by atoms with van der Waals surface area (Å²) in [5, 5.41) is 0. The first-order valence-electron chi connectivity index (χ1n) is 11.3. The number of hydrogen-bond acceptors (Lipinski definition) is 10. The van der Waals surface area contributed by atoms with Gasteiger partial charge in [0, 0.05) is 39.3 Å². The first-order valence-corrected chi connectivity index (χ1v) is 11.3. The number of rotatable bonds is 4. The quantitative estimate of drug-likeness (QED) is 0.404. The Hall–Kier alpha value is -1.96. The summed E-state index contributed by atoms with van der Waals surface area (Å²) in [6.45, 7) is 6.38. The minimum Gasteiger partial charge on any atom is -0.379 e. The average Bonchev–Trinajstić information content (AvgIpc) is 2.80. The zero-order valence-electron chi connectivity index (χ0n) is 18.2. The third-order valence-corrected chi connectivity index (χ3v) is 6.97. The maximum Gasteiger partial charge on any atom is 0.249 e. The zero-order chi connectivity index (χ0) is 22.2. The highest BCUT2D eigenvalue weighted by Crippen LogP contribution is 2.25. The summed E-state index contributed by atoms with van der Waals surface area (Å²) < 4.78 is 10.7. The van der Waals surface area contributed by atoms with Crippen molar-refractivity contribution in [1.29, 1.82) is 0 Å². The number of imide groups is 2. The van der Waals surface area contributed by atoms with E-state index < -0.39 is 12.1 Å². The van der Waals surface area contributed by atoms with Crippen molar-refractivity contribution >= 4 is 23.6 Å². The van der Waals surface area contributed by atoms with E-state index in [1.54, 1.807) is 0 Å². The van der Waals surface area contributed by atoms with Gasteiger partial charge in [-0.05, 0) is 0 Å². The van der Waals surface area contributed by atoms with Gasteiger partial charge in [0.2, 0.25) is 23.6 Å². The molecular formula is C20H30N6O6. The van der Waals surface area contributed by atoms with Gasteiger partial charge in [-0.3, -0.25) is 48.6 Å². The summed E-state index contributed by atoms with van der Waals surface area (Å²) >= 11 is 0. The van der Waals surface area contributed by atoms with Crippen LogP contribution in [0.4, 0.5) is 0 Å². The molecule has 2 atom stereocenters. The van der Waals surface area contributed by atoms with Gasteiger partial charge in [0.25, 0.3) is 0 Å². The van der Waals surface area contributed by atoms with Crippen molar-refractivity contribution < 1.29 is 28.7 Å². The van der Waals surface area contributed by atoms with Crippen LogP contribution in [0.5, 0.6) is 0 Å². The summed E-state index contributed by atoms with van der Waals surface area (Å²) in [7, 11) is 0. The van der Waals surface area contributed by atoms with E-state index in [1.165, 1.54) is 9.80 Å². The van der Waals surface area contributed by atoms with Gasteiger partial charge in [-0.2, -0.15) is 0 Å². The molecule has 0 spiro atoms. The van der Waals surface area contributed by atoms with Gasteiger partial charge in [-0.25, -0.2) is 0 Å². The molecular weight excluding hydrogens is 420 g/mol. The Kier molecular flexibility index (Phi) is 6.23. The first-order chi connectivity index (χ1) is 15.5. The smallest absolute Gasteiger partial charge is 0.249 e. The SMILES string of the molecule is O=C1CN2C[C@H]3C(=O)N(CN4CCOCC4)C(=O)CN3C[C@@H]2C(=O)N1CN1CCOCC1. The molecule has 12 nitrogen and oxygen atoms in total. The van der Waals surface area contributed by atoms with Crippen molar-refractivity contribution in [3.8, 4) is 0 Å². The summed E-state index contributed by atoms with van der Waals surface area (Å²) in [5.41, 5.74) is 0. The van der Waals surface area contributed by atoms with E-state index in [1.807, 2.05) is 19.6 Å². The van der Waals surface area contributed by atoms with E-state index in [0.717, 1.165) is 0 Å². The molecule has 0 aromatic carbocycles. The molecule has 5 fully saturated rings. The van der Waals surface area contributed by atoms with Crippen LogP contribution in [0.25, 0.3) is 0 Å². The number of piperazine rings is 3. The minimum absolute atomic E-state index is 0.107. The van der Waals surface area contributed by atoms with Crippen molar-refractivity contribution in [3.05, 3.63) is 0 Å². The number of morpholine rings is 2. The lowest BCUT2D eigenvalue weighted by Gasteiger charge is -2.51. The van der Waals surface area contributed by atoms with Crippen molar-refractivity contribution in [2.75, 3.05) is 92.1 Å². The lowest BCUT2D eigenvalue weighted by Crippen LogP contribution is -2.74. The van der Waals surface area contributed by atoms with E-state index in [0.29, 0.717) is 52.6 Å². The van der Waals surface area contributed by atoms with Crippen LogP contribution in [-0.4, -0.2) is 157 Å². The molecule has 5 saturated heterocycles. The second-order valence-electron chi connectivity index (χ2n) is 8.95. The molecule has 4 amide bonds. The molecule has 0 unspecified atom stereocenters. The summed E-state index contributed by atoms with van der Waals surface area (Å²) in [6.07, 6.45) is 0. The molecule has 0 radical (unpaired) electrons. The van der Waals surface area contributed by atoms with E-state index >= 15 is 0 Å². The fraction of sp³-hybridized carbons (Fsp3) is 0.800. The van der Waals surface area contributed by atoms with Gasteiger partial charge in [-0.15, -0.1) is 0 Å². The molecule has 0 bridgehead atoms. The van der Waals surface area contributed by atoms with E-state index in [2.05, 4.69) is 0 Å². The van der Waals surface area contributed by atoms with Crippen molar-refractivity contribution in [1.82, 2.24) is 29.4 Å². The average molecular weight is 450 g/mol. The Morgan fingerprint density at radius 3 is 1.38 bits per heavy atom. The molecule has 0 aliphatic carbocycles.